The molecule has 0 atom stereocenters. The number of aromatic nitrogens is 2. The Morgan fingerprint density at radius 2 is 2.31 bits per heavy atom. The van der Waals surface area contributed by atoms with Crippen molar-refractivity contribution in [3.63, 3.8) is 0 Å². The molecule has 0 spiro atoms. The van der Waals surface area contributed by atoms with Crippen LogP contribution in [-0.2, 0) is 0 Å². The highest BCUT2D eigenvalue weighted by atomic mass is 127. The van der Waals surface area contributed by atoms with Gasteiger partial charge < -0.3 is 5.73 Å². The molecule has 0 saturated carbocycles. The maximum atomic E-state index is 13.2. The van der Waals surface area contributed by atoms with E-state index in [0.29, 0.717) is 15.8 Å². The van der Waals surface area contributed by atoms with Crippen LogP contribution in [-0.4, -0.2) is 10.2 Å². The van der Waals surface area contributed by atoms with Gasteiger partial charge in [0.2, 0.25) is 0 Å². The molecule has 6 heteroatoms. The van der Waals surface area contributed by atoms with Crippen molar-refractivity contribution >= 4 is 55.2 Å². The zero-order valence-corrected chi connectivity index (χ0v) is 9.98. The van der Waals surface area contributed by atoms with Crippen molar-refractivity contribution in [2.75, 3.05) is 5.73 Å². The summed E-state index contributed by atoms with van der Waals surface area (Å²) in [5.74, 6) is 0.0700. The predicted molar refractivity (Wildman–Crippen MR) is 60.9 cm³/mol. The van der Waals surface area contributed by atoms with Gasteiger partial charge in [-0.2, -0.15) is 5.10 Å². The van der Waals surface area contributed by atoms with Crippen molar-refractivity contribution in [3.8, 4) is 0 Å². The van der Waals surface area contributed by atoms with Crippen molar-refractivity contribution in [1.29, 1.82) is 0 Å². The standard InChI is InChI=1S/C7H4BrFIN3/c8-5-2(9)1-3(10)4-6(5)12-13-7(4)11/h1H,(H3,11,12,13). The Morgan fingerprint density at radius 1 is 1.62 bits per heavy atom. The summed E-state index contributed by atoms with van der Waals surface area (Å²) < 4.78 is 14.3. The molecule has 1 heterocycles. The molecule has 0 aliphatic rings. The number of hydrogen-bond acceptors (Lipinski definition) is 2. The van der Waals surface area contributed by atoms with E-state index in [0.717, 1.165) is 8.96 Å². The SMILES string of the molecule is Nc1n[nH]c2c(Br)c(F)cc(I)c12. The summed E-state index contributed by atoms with van der Waals surface area (Å²) >= 11 is 5.14. The Bertz CT molecular complexity index is 482. The van der Waals surface area contributed by atoms with Crippen LogP contribution in [0.2, 0.25) is 0 Å². The normalized spacial score (nSPS) is 11.0. The summed E-state index contributed by atoms with van der Waals surface area (Å²) in [6.45, 7) is 0. The number of nitrogens with two attached hydrogens (primary N) is 1. The highest BCUT2D eigenvalue weighted by molar-refractivity contribution is 14.1. The molecule has 1 aromatic heterocycles. The summed E-state index contributed by atoms with van der Waals surface area (Å²) in [4.78, 5) is 0. The number of rotatable bonds is 0. The smallest absolute Gasteiger partial charge is 0.154 e. The van der Waals surface area contributed by atoms with E-state index in [4.69, 9.17) is 5.73 Å². The first-order valence-electron chi connectivity index (χ1n) is 3.38. The van der Waals surface area contributed by atoms with Gasteiger partial charge in [-0.15, -0.1) is 0 Å². The lowest BCUT2D eigenvalue weighted by Gasteiger charge is -1.98. The van der Waals surface area contributed by atoms with Crippen LogP contribution in [0.25, 0.3) is 10.9 Å². The van der Waals surface area contributed by atoms with Crippen LogP contribution in [0.1, 0.15) is 0 Å². The average molecular weight is 356 g/mol. The van der Waals surface area contributed by atoms with Crippen LogP contribution in [0.3, 0.4) is 0 Å². The first-order chi connectivity index (χ1) is 6.11. The Kier molecular flexibility index (Phi) is 2.18. The molecule has 0 unspecified atom stereocenters. The van der Waals surface area contributed by atoms with E-state index in [1.807, 2.05) is 22.6 Å². The number of hydrogen-bond donors (Lipinski definition) is 2. The molecule has 1 aromatic carbocycles. The van der Waals surface area contributed by atoms with E-state index in [9.17, 15) is 4.39 Å². The molecule has 2 aromatic rings. The number of aromatic amines is 1. The minimum atomic E-state index is -0.319. The van der Waals surface area contributed by atoms with Gasteiger partial charge in [0.1, 0.15) is 5.82 Å². The van der Waals surface area contributed by atoms with Crippen LogP contribution in [0.15, 0.2) is 10.5 Å². The second-order valence-electron chi connectivity index (χ2n) is 2.51. The summed E-state index contributed by atoms with van der Waals surface area (Å²) in [7, 11) is 0. The molecule has 3 nitrogen and oxygen atoms in total. The molecule has 0 saturated heterocycles. The summed E-state index contributed by atoms with van der Waals surface area (Å²) in [6, 6.07) is 1.42. The molecular weight excluding hydrogens is 352 g/mol. The Hall–Kier alpha value is -0.370. The zero-order chi connectivity index (χ0) is 9.59. The summed E-state index contributed by atoms with van der Waals surface area (Å²) in [6.07, 6.45) is 0. The number of nitrogens with zero attached hydrogens (tertiary/aromatic N) is 1. The van der Waals surface area contributed by atoms with Crippen molar-refractivity contribution < 1.29 is 4.39 Å². The quantitative estimate of drug-likeness (QED) is 0.564. The van der Waals surface area contributed by atoms with E-state index >= 15 is 0 Å². The summed E-state index contributed by atoms with van der Waals surface area (Å²) in [5, 5.41) is 7.24. The number of H-pyrrole nitrogens is 1. The average Bonchev–Trinajstić information content (AvgIpc) is 2.44. The zero-order valence-electron chi connectivity index (χ0n) is 6.24. The monoisotopic (exact) mass is 355 g/mol. The second-order valence-corrected chi connectivity index (χ2v) is 4.47. The van der Waals surface area contributed by atoms with Crippen LogP contribution in [0, 0.1) is 9.39 Å². The van der Waals surface area contributed by atoms with Crippen molar-refractivity contribution in [2.45, 2.75) is 0 Å². The van der Waals surface area contributed by atoms with Gasteiger partial charge in [-0.25, -0.2) is 4.39 Å². The number of anilines is 1. The first-order valence-corrected chi connectivity index (χ1v) is 5.25. The fourth-order valence-electron chi connectivity index (χ4n) is 1.12. The number of nitrogen functional groups attached to an aromatic ring is 1. The molecule has 3 N–H and O–H groups in total. The molecule has 0 fully saturated rings. The molecule has 2 rings (SSSR count). The van der Waals surface area contributed by atoms with E-state index in [1.54, 1.807) is 0 Å². The van der Waals surface area contributed by atoms with Gasteiger partial charge in [0.25, 0.3) is 0 Å². The van der Waals surface area contributed by atoms with Crippen LogP contribution in [0.4, 0.5) is 10.2 Å². The predicted octanol–water partition coefficient (Wildman–Crippen LogP) is 2.65. The van der Waals surface area contributed by atoms with Gasteiger partial charge in [0.05, 0.1) is 15.4 Å². The van der Waals surface area contributed by atoms with E-state index in [1.165, 1.54) is 6.07 Å². The Labute approximate surface area is 95.1 Å². The third kappa shape index (κ3) is 1.32. The highest BCUT2D eigenvalue weighted by Crippen LogP contribution is 2.31. The first kappa shape index (κ1) is 9.20. The molecule has 0 bridgehead atoms. The molecule has 13 heavy (non-hydrogen) atoms. The van der Waals surface area contributed by atoms with E-state index in [2.05, 4.69) is 26.1 Å². The van der Waals surface area contributed by atoms with Crippen molar-refractivity contribution in [2.24, 2.45) is 0 Å². The highest BCUT2D eigenvalue weighted by Gasteiger charge is 2.13. The minimum Gasteiger partial charge on any atom is -0.382 e. The van der Waals surface area contributed by atoms with Crippen LogP contribution >= 0.6 is 38.5 Å². The number of nitrogens with one attached hydrogen (secondary N) is 1. The maximum Gasteiger partial charge on any atom is 0.154 e. The summed E-state index contributed by atoms with van der Waals surface area (Å²) in [5.41, 5.74) is 6.20. The molecule has 0 amide bonds. The lowest BCUT2D eigenvalue weighted by Crippen LogP contribution is -1.87. The van der Waals surface area contributed by atoms with Gasteiger partial charge in [-0.05, 0) is 44.6 Å². The van der Waals surface area contributed by atoms with E-state index < -0.39 is 0 Å². The topological polar surface area (TPSA) is 54.7 Å². The molecule has 0 radical (unpaired) electrons. The third-order valence-corrected chi connectivity index (χ3v) is 3.34. The fourth-order valence-corrected chi connectivity index (χ4v) is 2.34. The second kappa shape index (κ2) is 3.09. The molecule has 0 aliphatic heterocycles. The number of fused-ring (bicyclic) bond motifs is 1. The fraction of sp³-hybridized carbons (Fsp3) is 0. The maximum absolute atomic E-state index is 13.2. The molecule has 0 aliphatic carbocycles. The minimum absolute atomic E-state index is 0.319. The third-order valence-electron chi connectivity index (χ3n) is 1.72. The van der Waals surface area contributed by atoms with Gasteiger partial charge in [0, 0.05) is 3.57 Å². The number of benzene rings is 1. The van der Waals surface area contributed by atoms with Gasteiger partial charge in [0.15, 0.2) is 5.82 Å². The van der Waals surface area contributed by atoms with Crippen LogP contribution < -0.4 is 5.73 Å². The van der Waals surface area contributed by atoms with Crippen molar-refractivity contribution in [1.82, 2.24) is 10.2 Å². The Morgan fingerprint density at radius 3 is 3.00 bits per heavy atom. The van der Waals surface area contributed by atoms with Gasteiger partial charge in [-0.1, -0.05) is 0 Å². The molecular formula is C7H4BrFIN3. The largest absolute Gasteiger partial charge is 0.382 e. The Balaban J connectivity index is 2.99. The lowest BCUT2D eigenvalue weighted by atomic mass is 10.2. The number of halogens is 3. The van der Waals surface area contributed by atoms with E-state index in [-0.39, 0.29) is 5.82 Å². The van der Waals surface area contributed by atoms with Crippen molar-refractivity contribution in [3.05, 3.63) is 19.9 Å². The van der Waals surface area contributed by atoms with Gasteiger partial charge >= 0.3 is 0 Å². The molecule has 68 valence electrons. The van der Waals surface area contributed by atoms with Crippen LogP contribution in [0.5, 0.6) is 0 Å². The van der Waals surface area contributed by atoms with Gasteiger partial charge in [-0.3, -0.25) is 5.10 Å². The lowest BCUT2D eigenvalue weighted by molar-refractivity contribution is 0.622.